The molecule has 0 aliphatic carbocycles. The van der Waals surface area contributed by atoms with Crippen LogP contribution in [0.2, 0.25) is 0 Å². The number of aromatic nitrogens is 1. The molecule has 4 N–H and O–H groups in total. The van der Waals surface area contributed by atoms with Gasteiger partial charge in [-0.15, -0.1) is 21.6 Å². The van der Waals surface area contributed by atoms with E-state index in [2.05, 4.69) is 36.8 Å². The lowest BCUT2D eigenvalue weighted by atomic mass is 10.0. The highest BCUT2D eigenvalue weighted by molar-refractivity contribution is 7.19. The minimum atomic E-state index is -0.590. The third-order valence-corrected chi connectivity index (χ3v) is 4.86. The second kappa shape index (κ2) is 9.94. The van der Waals surface area contributed by atoms with E-state index in [0.717, 1.165) is 11.3 Å². The number of aryl methyl sites for hydroxylation is 1. The summed E-state index contributed by atoms with van der Waals surface area (Å²) in [6.07, 6.45) is -1.17. The van der Waals surface area contributed by atoms with E-state index in [9.17, 15) is 15.5 Å². The summed E-state index contributed by atoms with van der Waals surface area (Å²) in [6.45, 7) is 14.5. The normalized spacial score (nSPS) is 13.0. The Bertz CT molecular complexity index is 984. The number of azo groups is 1. The third kappa shape index (κ3) is 5.72. The number of aliphatic hydroxyl groups is 2. The van der Waals surface area contributed by atoms with Crippen LogP contribution < -0.4 is 10.6 Å². The Labute approximate surface area is 173 Å². The molecule has 0 bridgehead atoms. The molecule has 2 unspecified atom stereocenters. The SMILES string of the molecule is [C-]#[N+]c1sc(N=Nc2c(NCC(C)O)cc(NCC(C)O)c(C#N)c2C)nc1C. The molecule has 0 amide bonds. The Morgan fingerprint density at radius 1 is 1.21 bits per heavy atom. The highest BCUT2D eigenvalue weighted by Crippen LogP contribution is 2.39. The molecule has 2 atom stereocenters. The first-order valence-corrected chi connectivity index (χ1v) is 9.76. The molecule has 0 aliphatic rings. The van der Waals surface area contributed by atoms with Crippen molar-refractivity contribution in [3.63, 3.8) is 0 Å². The molecule has 29 heavy (non-hydrogen) atoms. The monoisotopic (exact) mass is 413 g/mol. The van der Waals surface area contributed by atoms with Crippen LogP contribution in [0.25, 0.3) is 4.85 Å². The summed E-state index contributed by atoms with van der Waals surface area (Å²) in [7, 11) is 0. The molecule has 0 saturated heterocycles. The van der Waals surface area contributed by atoms with Gasteiger partial charge in [0.1, 0.15) is 11.8 Å². The maximum absolute atomic E-state index is 9.63. The van der Waals surface area contributed by atoms with Gasteiger partial charge >= 0.3 is 0 Å². The number of anilines is 2. The Kier molecular flexibility index (Phi) is 7.62. The van der Waals surface area contributed by atoms with Crippen LogP contribution in [-0.2, 0) is 0 Å². The van der Waals surface area contributed by atoms with Crippen LogP contribution >= 0.6 is 11.3 Å². The zero-order valence-corrected chi connectivity index (χ0v) is 17.5. The summed E-state index contributed by atoms with van der Waals surface area (Å²) >= 11 is 1.14. The number of nitrogens with one attached hydrogen (secondary N) is 2. The van der Waals surface area contributed by atoms with E-state index in [0.29, 0.717) is 44.0 Å². The standard InChI is InChI=1S/C19H23N7O2S/c1-10(27)8-22-15-6-16(23-9-11(2)28)17(12(3)14(15)7-20)25-26-19-24-13(4)18(21-5)29-19/h6,10-11,22-23,27-28H,8-9H2,1-4H3. The largest absolute Gasteiger partial charge is 0.392 e. The van der Waals surface area contributed by atoms with Crippen molar-refractivity contribution < 1.29 is 10.2 Å². The zero-order valence-electron chi connectivity index (χ0n) is 16.7. The number of aliphatic hydroxyl groups excluding tert-OH is 2. The fourth-order valence-electron chi connectivity index (χ4n) is 2.48. The molecule has 10 heteroatoms. The molecule has 0 fully saturated rings. The van der Waals surface area contributed by atoms with E-state index in [1.54, 1.807) is 33.8 Å². The smallest absolute Gasteiger partial charge is 0.265 e. The van der Waals surface area contributed by atoms with E-state index >= 15 is 0 Å². The summed E-state index contributed by atoms with van der Waals surface area (Å²) < 4.78 is 0. The predicted molar refractivity (Wildman–Crippen MR) is 114 cm³/mol. The first-order valence-electron chi connectivity index (χ1n) is 8.95. The van der Waals surface area contributed by atoms with E-state index in [-0.39, 0.29) is 13.1 Å². The second-order valence-corrected chi connectivity index (χ2v) is 7.55. The van der Waals surface area contributed by atoms with E-state index < -0.39 is 12.2 Å². The Balaban J connectivity index is 2.50. The van der Waals surface area contributed by atoms with E-state index in [4.69, 9.17) is 6.57 Å². The van der Waals surface area contributed by atoms with Crippen molar-refractivity contribution in [2.24, 2.45) is 10.2 Å². The van der Waals surface area contributed by atoms with Crippen molar-refractivity contribution in [2.45, 2.75) is 39.9 Å². The third-order valence-electron chi connectivity index (χ3n) is 3.93. The molecular weight excluding hydrogens is 390 g/mol. The minimum absolute atomic E-state index is 0.280. The van der Waals surface area contributed by atoms with Gasteiger partial charge in [0.25, 0.3) is 5.00 Å². The van der Waals surface area contributed by atoms with E-state index in [1.807, 2.05) is 0 Å². The topological polar surface area (TPSA) is 130 Å². The molecule has 1 aromatic heterocycles. The maximum Gasteiger partial charge on any atom is 0.265 e. The van der Waals surface area contributed by atoms with Crippen LogP contribution in [0.15, 0.2) is 16.3 Å². The minimum Gasteiger partial charge on any atom is -0.392 e. The predicted octanol–water partition coefficient (Wildman–Crippen LogP) is 4.18. The lowest BCUT2D eigenvalue weighted by Gasteiger charge is -2.18. The van der Waals surface area contributed by atoms with Crippen LogP contribution in [0.1, 0.15) is 30.7 Å². The fourth-order valence-corrected chi connectivity index (χ4v) is 3.16. The number of thiazole rings is 1. The summed E-state index contributed by atoms with van der Waals surface area (Å²) in [5, 5.41) is 44.2. The number of hydrogen-bond donors (Lipinski definition) is 4. The van der Waals surface area contributed by atoms with Gasteiger partial charge in [0.2, 0.25) is 5.13 Å². The quantitative estimate of drug-likeness (QED) is 0.379. The molecule has 0 aliphatic heterocycles. The number of nitriles is 1. The van der Waals surface area contributed by atoms with Gasteiger partial charge < -0.3 is 20.8 Å². The van der Waals surface area contributed by atoms with Gasteiger partial charge in [-0.2, -0.15) is 5.26 Å². The van der Waals surface area contributed by atoms with Gasteiger partial charge in [-0.3, -0.25) is 0 Å². The number of nitrogens with zero attached hydrogens (tertiary/aromatic N) is 5. The van der Waals surface area contributed by atoms with Crippen LogP contribution in [0.5, 0.6) is 0 Å². The Hall–Kier alpha value is -3.05. The van der Waals surface area contributed by atoms with Crippen molar-refractivity contribution in [3.05, 3.63) is 34.3 Å². The highest BCUT2D eigenvalue weighted by Gasteiger charge is 2.17. The van der Waals surface area contributed by atoms with Gasteiger partial charge in [-0.25, -0.2) is 9.83 Å². The van der Waals surface area contributed by atoms with Gasteiger partial charge in [-0.1, -0.05) is 0 Å². The molecule has 0 saturated carbocycles. The lowest BCUT2D eigenvalue weighted by Crippen LogP contribution is -2.18. The average Bonchev–Trinajstić information content (AvgIpc) is 3.03. The maximum atomic E-state index is 9.63. The molecule has 152 valence electrons. The van der Waals surface area contributed by atoms with E-state index in [1.165, 1.54) is 0 Å². The van der Waals surface area contributed by atoms with Crippen molar-refractivity contribution in [3.8, 4) is 6.07 Å². The first-order chi connectivity index (χ1) is 13.8. The second-order valence-electron chi connectivity index (χ2n) is 6.59. The van der Waals surface area contributed by atoms with Crippen molar-refractivity contribution in [2.75, 3.05) is 23.7 Å². The summed E-state index contributed by atoms with van der Waals surface area (Å²) in [6, 6.07) is 3.88. The number of benzene rings is 1. The first kappa shape index (κ1) is 22.2. The lowest BCUT2D eigenvalue weighted by molar-refractivity contribution is 0.208. The highest BCUT2D eigenvalue weighted by atomic mass is 32.1. The van der Waals surface area contributed by atoms with Crippen molar-refractivity contribution in [1.82, 2.24) is 4.98 Å². The van der Waals surface area contributed by atoms with Crippen molar-refractivity contribution >= 4 is 38.5 Å². The zero-order chi connectivity index (χ0) is 21.6. The summed E-state index contributed by atoms with van der Waals surface area (Å²) in [4.78, 5) is 7.61. The van der Waals surface area contributed by atoms with Crippen LogP contribution in [0.3, 0.4) is 0 Å². The van der Waals surface area contributed by atoms with Crippen LogP contribution in [-0.4, -0.2) is 40.5 Å². The molecule has 2 rings (SSSR count). The number of hydrogen-bond acceptors (Lipinski definition) is 9. The van der Waals surface area contributed by atoms with Crippen LogP contribution in [0, 0.1) is 31.8 Å². The average molecular weight is 414 g/mol. The van der Waals surface area contributed by atoms with Gasteiger partial charge in [0, 0.05) is 13.1 Å². The molecule has 9 nitrogen and oxygen atoms in total. The fraction of sp³-hybridized carbons (Fsp3) is 0.421. The summed E-state index contributed by atoms with van der Waals surface area (Å²) in [5.41, 5.74) is 3.16. The number of rotatable bonds is 8. The molecule has 2 aromatic rings. The molecule has 0 spiro atoms. The molecule has 1 heterocycles. The summed E-state index contributed by atoms with van der Waals surface area (Å²) in [5.74, 6) is 0. The Morgan fingerprint density at radius 2 is 1.83 bits per heavy atom. The Morgan fingerprint density at radius 3 is 2.34 bits per heavy atom. The molecular formula is C19H23N7O2S. The molecule has 1 aromatic carbocycles. The van der Waals surface area contributed by atoms with Gasteiger partial charge in [0.05, 0.1) is 41.4 Å². The van der Waals surface area contributed by atoms with Gasteiger partial charge in [-0.05, 0) is 39.3 Å². The molecule has 0 radical (unpaired) electrons. The van der Waals surface area contributed by atoms with Gasteiger partial charge in [0.15, 0.2) is 0 Å². The van der Waals surface area contributed by atoms with Crippen molar-refractivity contribution in [1.29, 1.82) is 5.26 Å². The van der Waals surface area contributed by atoms with Crippen LogP contribution in [0.4, 0.5) is 27.2 Å².